The summed E-state index contributed by atoms with van der Waals surface area (Å²) in [6.07, 6.45) is 2.38. The Balaban J connectivity index is 1.90. The average molecular weight is 320 g/mol. The van der Waals surface area contributed by atoms with Crippen LogP contribution in [0.4, 0.5) is 5.69 Å². The summed E-state index contributed by atoms with van der Waals surface area (Å²) in [7, 11) is 1.75. The second-order valence-electron chi connectivity index (χ2n) is 6.21. The van der Waals surface area contributed by atoms with Crippen LogP contribution in [0.5, 0.6) is 5.88 Å². The maximum absolute atomic E-state index is 12.8. The summed E-state index contributed by atoms with van der Waals surface area (Å²) in [6, 6.07) is 8.95. The van der Waals surface area contributed by atoms with Crippen molar-refractivity contribution in [3.63, 3.8) is 0 Å². The van der Waals surface area contributed by atoms with E-state index in [-0.39, 0.29) is 11.8 Å². The summed E-state index contributed by atoms with van der Waals surface area (Å²) in [5.74, 6) is 6.74. The van der Waals surface area contributed by atoms with Crippen LogP contribution in [0, 0.1) is 31.6 Å². The van der Waals surface area contributed by atoms with Gasteiger partial charge in [0.05, 0.1) is 11.3 Å². The Kier molecular flexibility index (Phi) is 4.26. The number of aromatic nitrogens is 1. The maximum Gasteiger partial charge on any atom is 0.259 e. The number of anilines is 1. The molecule has 0 saturated heterocycles. The van der Waals surface area contributed by atoms with E-state index in [4.69, 9.17) is 0 Å². The van der Waals surface area contributed by atoms with E-state index in [2.05, 4.69) is 16.8 Å². The molecule has 2 aromatic rings. The van der Waals surface area contributed by atoms with Crippen LogP contribution in [0.3, 0.4) is 0 Å². The van der Waals surface area contributed by atoms with Crippen LogP contribution in [0.15, 0.2) is 30.3 Å². The fraction of sp³-hybridized carbons (Fsp3) is 0.300. The van der Waals surface area contributed by atoms with E-state index in [9.17, 15) is 9.90 Å². The first kappa shape index (κ1) is 16.1. The van der Waals surface area contributed by atoms with Crippen molar-refractivity contribution in [2.75, 3.05) is 11.9 Å². The van der Waals surface area contributed by atoms with Gasteiger partial charge in [-0.1, -0.05) is 17.9 Å². The van der Waals surface area contributed by atoms with Gasteiger partial charge in [-0.05, 0) is 50.5 Å². The van der Waals surface area contributed by atoms with Gasteiger partial charge >= 0.3 is 0 Å². The van der Waals surface area contributed by atoms with Crippen LogP contribution in [0.25, 0.3) is 0 Å². The molecule has 0 aliphatic heterocycles. The van der Waals surface area contributed by atoms with E-state index in [1.807, 2.05) is 25.1 Å². The number of aromatic hydroxyl groups is 1. The second kappa shape index (κ2) is 6.37. The lowest BCUT2D eigenvalue weighted by molar-refractivity contribution is 0.0992. The number of benzene rings is 1. The highest BCUT2D eigenvalue weighted by molar-refractivity contribution is 6.06. The summed E-state index contributed by atoms with van der Waals surface area (Å²) in [5, 5.41) is 9.41. The second-order valence-corrected chi connectivity index (χ2v) is 6.21. The van der Waals surface area contributed by atoms with Gasteiger partial charge in [-0.15, -0.1) is 0 Å². The monoisotopic (exact) mass is 320 g/mol. The fourth-order valence-corrected chi connectivity index (χ4v) is 2.53. The molecule has 1 aliphatic carbocycles. The Morgan fingerprint density at radius 3 is 2.67 bits per heavy atom. The predicted octanol–water partition coefficient (Wildman–Crippen LogP) is 3.44. The van der Waals surface area contributed by atoms with E-state index in [0.29, 0.717) is 17.2 Å². The van der Waals surface area contributed by atoms with Gasteiger partial charge < -0.3 is 10.0 Å². The Labute approximate surface area is 142 Å². The number of rotatable bonds is 2. The molecule has 1 aromatic carbocycles. The zero-order chi connectivity index (χ0) is 17.3. The normalized spacial score (nSPS) is 13.1. The molecular formula is C20H20N2O2. The lowest BCUT2D eigenvalue weighted by Crippen LogP contribution is -2.27. The zero-order valence-electron chi connectivity index (χ0n) is 14.1. The van der Waals surface area contributed by atoms with Gasteiger partial charge in [-0.25, -0.2) is 4.98 Å². The van der Waals surface area contributed by atoms with E-state index >= 15 is 0 Å². The van der Waals surface area contributed by atoms with Gasteiger partial charge in [0.25, 0.3) is 5.91 Å². The molecule has 1 amide bonds. The molecule has 4 nitrogen and oxygen atoms in total. The molecular weight excluding hydrogens is 300 g/mol. The molecule has 1 fully saturated rings. The molecule has 0 spiro atoms. The molecule has 3 rings (SSSR count). The molecule has 0 radical (unpaired) electrons. The Hall–Kier alpha value is -2.80. The molecule has 0 atom stereocenters. The molecule has 1 saturated carbocycles. The van der Waals surface area contributed by atoms with E-state index in [1.165, 1.54) is 18.9 Å². The lowest BCUT2D eigenvalue weighted by Gasteiger charge is -2.20. The van der Waals surface area contributed by atoms with Crippen molar-refractivity contribution < 1.29 is 9.90 Å². The van der Waals surface area contributed by atoms with Crippen molar-refractivity contribution in [1.82, 2.24) is 4.98 Å². The summed E-state index contributed by atoms with van der Waals surface area (Å²) in [6.45, 7) is 3.68. The third kappa shape index (κ3) is 3.41. The number of hydrogen-bond donors (Lipinski definition) is 1. The van der Waals surface area contributed by atoms with E-state index in [1.54, 1.807) is 24.9 Å². The minimum Gasteiger partial charge on any atom is -0.493 e. The maximum atomic E-state index is 12.8. The van der Waals surface area contributed by atoms with Crippen molar-refractivity contribution >= 4 is 11.6 Å². The third-order valence-corrected chi connectivity index (χ3v) is 4.17. The van der Waals surface area contributed by atoms with Gasteiger partial charge in [-0.2, -0.15) is 0 Å². The molecule has 1 aromatic heterocycles. The molecule has 1 heterocycles. The minimum atomic E-state index is -0.157. The number of aryl methyl sites for hydroxylation is 2. The minimum absolute atomic E-state index is 0.0831. The van der Waals surface area contributed by atoms with Gasteiger partial charge in [0, 0.05) is 30.3 Å². The van der Waals surface area contributed by atoms with Gasteiger partial charge in [0.1, 0.15) is 0 Å². The molecule has 1 aliphatic rings. The lowest BCUT2D eigenvalue weighted by atomic mass is 10.1. The zero-order valence-corrected chi connectivity index (χ0v) is 14.1. The highest BCUT2D eigenvalue weighted by Crippen LogP contribution is 2.28. The van der Waals surface area contributed by atoms with Gasteiger partial charge in [-0.3, -0.25) is 4.79 Å². The molecule has 122 valence electrons. The Morgan fingerprint density at radius 2 is 2.00 bits per heavy atom. The van der Waals surface area contributed by atoms with Crippen LogP contribution in [0.2, 0.25) is 0 Å². The van der Waals surface area contributed by atoms with Crippen molar-refractivity contribution in [2.45, 2.75) is 26.7 Å². The van der Waals surface area contributed by atoms with Gasteiger partial charge in [0.2, 0.25) is 5.88 Å². The summed E-state index contributed by atoms with van der Waals surface area (Å²) < 4.78 is 0. The molecule has 0 unspecified atom stereocenters. The first-order chi connectivity index (χ1) is 11.5. The summed E-state index contributed by atoms with van der Waals surface area (Å²) in [5.41, 5.74) is 3.74. The third-order valence-electron chi connectivity index (χ3n) is 4.17. The number of carbonyl (C=O) groups excluding carboxylic acids is 1. The average Bonchev–Trinajstić information content (AvgIpc) is 3.37. The SMILES string of the molecule is Cc1ccc(C#CC2CC2)cc1N(C)C(=O)c1ccc(O)nc1C. The van der Waals surface area contributed by atoms with Crippen LogP contribution < -0.4 is 4.90 Å². The fourth-order valence-electron chi connectivity index (χ4n) is 2.53. The number of pyridine rings is 1. The number of hydrogen-bond acceptors (Lipinski definition) is 3. The van der Waals surface area contributed by atoms with Crippen molar-refractivity contribution in [3.05, 3.63) is 52.7 Å². The molecule has 0 bridgehead atoms. The topological polar surface area (TPSA) is 53.4 Å². The van der Waals surface area contributed by atoms with Crippen molar-refractivity contribution in [1.29, 1.82) is 0 Å². The Morgan fingerprint density at radius 1 is 1.25 bits per heavy atom. The quantitative estimate of drug-likeness (QED) is 0.862. The highest BCUT2D eigenvalue weighted by Gasteiger charge is 2.19. The standard InChI is InChI=1S/C20H20N2O2/c1-13-4-5-16(9-8-15-6-7-15)12-18(13)22(3)20(24)17-10-11-19(23)21-14(17)2/h4-5,10-12,15H,6-7H2,1-3H3,(H,21,23). The highest BCUT2D eigenvalue weighted by atomic mass is 16.3. The van der Waals surface area contributed by atoms with Crippen LogP contribution >= 0.6 is 0 Å². The van der Waals surface area contributed by atoms with E-state index < -0.39 is 0 Å². The van der Waals surface area contributed by atoms with Gasteiger partial charge in [0.15, 0.2) is 0 Å². The summed E-state index contributed by atoms with van der Waals surface area (Å²) in [4.78, 5) is 18.3. The number of carbonyl (C=O) groups is 1. The van der Waals surface area contributed by atoms with Crippen molar-refractivity contribution in [3.8, 4) is 17.7 Å². The van der Waals surface area contributed by atoms with Crippen LogP contribution in [-0.2, 0) is 0 Å². The predicted molar refractivity (Wildman–Crippen MR) is 94.2 cm³/mol. The first-order valence-corrected chi connectivity index (χ1v) is 8.02. The largest absolute Gasteiger partial charge is 0.493 e. The smallest absolute Gasteiger partial charge is 0.259 e. The van der Waals surface area contributed by atoms with E-state index in [0.717, 1.165) is 16.8 Å². The van der Waals surface area contributed by atoms with Crippen LogP contribution in [0.1, 0.15) is 40.0 Å². The summed E-state index contributed by atoms with van der Waals surface area (Å²) >= 11 is 0. The first-order valence-electron chi connectivity index (χ1n) is 8.02. The molecule has 4 heteroatoms. The molecule has 24 heavy (non-hydrogen) atoms. The number of nitrogens with zero attached hydrogens (tertiary/aromatic N) is 2. The van der Waals surface area contributed by atoms with Crippen molar-refractivity contribution in [2.24, 2.45) is 5.92 Å². The number of amides is 1. The van der Waals surface area contributed by atoms with Crippen LogP contribution in [-0.4, -0.2) is 23.0 Å². The Bertz CT molecular complexity index is 858. The molecule has 1 N–H and O–H groups in total.